The van der Waals surface area contributed by atoms with Gasteiger partial charge in [0.1, 0.15) is 0 Å². The van der Waals surface area contributed by atoms with Crippen LogP contribution >= 0.6 is 0 Å². The van der Waals surface area contributed by atoms with E-state index >= 15 is 0 Å². The topological polar surface area (TPSA) is 82.1 Å². The molecular weight excluding hydrogens is 394 g/mol. The number of sulfonamides is 1. The molecular formula is C21H25NO6S. The van der Waals surface area contributed by atoms with Crippen molar-refractivity contribution in [3.63, 3.8) is 0 Å². The molecule has 7 nitrogen and oxygen atoms in total. The van der Waals surface area contributed by atoms with Gasteiger partial charge in [0.2, 0.25) is 10.0 Å². The van der Waals surface area contributed by atoms with E-state index in [1.54, 1.807) is 39.3 Å². The molecule has 8 heteroatoms. The fraction of sp³-hybridized carbons (Fsp3) is 0.381. The number of rotatable bonds is 6. The lowest BCUT2D eigenvalue weighted by atomic mass is 10.0. The van der Waals surface area contributed by atoms with E-state index in [9.17, 15) is 13.2 Å². The third-order valence-corrected chi connectivity index (χ3v) is 7.24. The molecule has 29 heavy (non-hydrogen) atoms. The van der Waals surface area contributed by atoms with E-state index in [4.69, 9.17) is 14.2 Å². The van der Waals surface area contributed by atoms with Crippen molar-refractivity contribution < 1.29 is 27.4 Å². The Morgan fingerprint density at radius 2 is 1.76 bits per heavy atom. The summed E-state index contributed by atoms with van der Waals surface area (Å²) in [7, 11) is 0.560. The number of methoxy groups -OCH3 is 3. The summed E-state index contributed by atoms with van der Waals surface area (Å²) in [6.07, 6.45) is 1.44. The molecule has 1 aliphatic heterocycles. The number of carbonyl (C=O) groups is 1. The van der Waals surface area contributed by atoms with Crippen molar-refractivity contribution >= 4 is 16.0 Å². The Morgan fingerprint density at radius 1 is 1.03 bits per heavy atom. The summed E-state index contributed by atoms with van der Waals surface area (Å²) in [5, 5.41) is 0. The zero-order valence-corrected chi connectivity index (χ0v) is 17.8. The van der Waals surface area contributed by atoms with Gasteiger partial charge in [-0.3, -0.25) is 0 Å². The van der Waals surface area contributed by atoms with Gasteiger partial charge in [0.05, 0.1) is 37.8 Å². The molecule has 1 saturated heterocycles. The van der Waals surface area contributed by atoms with Gasteiger partial charge in [-0.2, -0.15) is 4.31 Å². The average molecular weight is 419 g/mol. The van der Waals surface area contributed by atoms with Crippen molar-refractivity contribution in [3.05, 3.63) is 53.1 Å². The predicted molar refractivity (Wildman–Crippen MR) is 108 cm³/mol. The maximum absolute atomic E-state index is 13.5. The number of benzene rings is 2. The summed E-state index contributed by atoms with van der Waals surface area (Å²) in [6, 6.07) is 9.71. The Labute approximate surface area is 171 Å². The lowest BCUT2D eigenvalue weighted by Crippen LogP contribution is -2.31. The molecule has 0 unspecified atom stereocenters. The largest absolute Gasteiger partial charge is 0.493 e. The molecule has 0 aliphatic carbocycles. The first-order valence-electron chi connectivity index (χ1n) is 9.26. The molecule has 156 valence electrons. The van der Waals surface area contributed by atoms with Crippen LogP contribution in [-0.4, -0.2) is 46.6 Å². The summed E-state index contributed by atoms with van der Waals surface area (Å²) in [5.74, 6) is 0.572. The molecule has 2 aromatic rings. The van der Waals surface area contributed by atoms with Crippen LogP contribution < -0.4 is 9.47 Å². The SMILES string of the molecule is COC(=O)c1ccc(C)c(S(=O)(=O)N2CCC[C@@H]2c2ccc(OC)c(OC)c2)c1. The van der Waals surface area contributed by atoms with Gasteiger partial charge in [-0.15, -0.1) is 0 Å². The average Bonchev–Trinajstić information content (AvgIpc) is 3.23. The summed E-state index contributed by atoms with van der Waals surface area (Å²) >= 11 is 0. The van der Waals surface area contributed by atoms with E-state index in [1.807, 2.05) is 12.1 Å². The highest BCUT2D eigenvalue weighted by Gasteiger charge is 2.37. The normalized spacial score (nSPS) is 17.2. The van der Waals surface area contributed by atoms with Crippen molar-refractivity contribution in [2.75, 3.05) is 27.9 Å². The maximum Gasteiger partial charge on any atom is 0.337 e. The Hall–Kier alpha value is -2.58. The Morgan fingerprint density at radius 3 is 2.41 bits per heavy atom. The van der Waals surface area contributed by atoms with Gasteiger partial charge in [0.15, 0.2) is 11.5 Å². The van der Waals surface area contributed by atoms with E-state index in [0.29, 0.717) is 30.0 Å². The van der Waals surface area contributed by atoms with Crippen LogP contribution in [0.1, 0.15) is 40.4 Å². The Balaban J connectivity index is 2.02. The third kappa shape index (κ3) is 3.95. The van der Waals surface area contributed by atoms with Crippen LogP contribution in [0.15, 0.2) is 41.3 Å². The highest BCUT2D eigenvalue weighted by atomic mass is 32.2. The van der Waals surface area contributed by atoms with Crippen molar-refractivity contribution in [1.82, 2.24) is 4.31 Å². The van der Waals surface area contributed by atoms with Crippen molar-refractivity contribution in [1.29, 1.82) is 0 Å². The minimum atomic E-state index is -3.81. The van der Waals surface area contributed by atoms with Crippen LogP contribution in [0.3, 0.4) is 0 Å². The molecule has 0 spiro atoms. The van der Waals surface area contributed by atoms with Gasteiger partial charge in [-0.1, -0.05) is 12.1 Å². The van der Waals surface area contributed by atoms with E-state index in [-0.39, 0.29) is 16.5 Å². The fourth-order valence-electron chi connectivity index (χ4n) is 3.67. The molecule has 2 aromatic carbocycles. The minimum Gasteiger partial charge on any atom is -0.493 e. The van der Waals surface area contributed by atoms with Crippen LogP contribution in [0.5, 0.6) is 11.5 Å². The molecule has 0 amide bonds. The molecule has 0 saturated carbocycles. The van der Waals surface area contributed by atoms with Crippen molar-refractivity contribution in [3.8, 4) is 11.5 Å². The predicted octanol–water partition coefficient (Wildman–Crippen LogP) is 3.32. The zero-order chi connectivity index (χ0) is 21.2. The van der Waals surface area contributed by atoms with Gasteiger partial charge in [0.25, 0.3) is 0 Å². The number of hydrogen-bond acceptors (Lipinski definition) is 6. The number of carbonyl (C=O) groups excluding carboxylic acids is 1. The second-order valence-electron chi connectivity index (χ2n) is 6.86. The highest BCUT2D eigenvalue weighted by molar-refractivity contribution is 7.89. The van der Waals surface area contributed by atoms with E-state index in [0.717, 1.165) is 12.0 Å². The Kier molecular flexibility index (Phi) is 6.14. The lowest BCUT2D eigenvalue weighted by Gasteiger charge is -2.26. The molecule has 1 aliphatic rings. The molecule has 0 N–H and O–H groups in total. The van der Waals surface area contributed by atoms with Crippen LogP contribution in [0.2, 0.25) is 0 Å². The zero-order valence-electron chi connectivity index (χ0n) is 17.0. The standard InChI is InChI=1S/C21H25NO6S/c1-14-7-8-16(21(23)28-4)13-20(14)29(24,25)22-11-5-6-17(22)15-9-10-18(26-2)19(12-15)27-3/h7-10,12-13,17H,5-6,11H2,1-4H3/t17-/m1/s1. The van der Waals surface area contributed by atoms with Crippen LogP contribution in [-0.2, 0) is 14.8 Å². The van der Waals surface area contributed by atoms with Gasteiger partial charge < -0.3 is 14.2 Å². The summed E-state index contributed by atoms with van der Waals surface area (Å²) in [5.41, 5.74) is 1.62. The first-order chi connectivity index (χ1) is 13.8. The number of ether oxygens (including phenoxy) is 3. The van der Waals surface area contributed by atoms with Gasteiger partial charge in [-0.05, 0) is 55.2 Å². The first kappa shape index (κ1) is 21.1. The fourth-order valence-corrected chi connectivity index (χ4v) is 5.61. The van der Waals surface area contributed by atoms with E-state index in [2.05, 4.69) is 0 Å². The van der Waals surface area contributed by atoms with Gasteiger partial charge in [-0.25, -0.2) is 13.2 Å². The Bertz CT molecular complexity index is 1020. The van der Waals surface area contributed by atoms with Crippen LogP contribution in [0.4, 0.5) is 0 Å². The third-order valence-electron chi connectivity index (χ3n) is 5.19. The molecule has 0 radical (unpaired) electrons. The smallest absolute Gasteiger partial charge is 0.337 e. The van der Waals surface area contributed by atoms with E-state index in [1.165, 1.54) is 17.5 Å². The molecule has 1 fully saturated rings. The molecule has 1 atom stereocenters. The van der Waals surface area contributed by atoms with Crippen LogP contribution in [0, 0.1) is 6.92 Å². The molecule has 3 rings (SSSR count). The summed E-state index contributed by atoms with van der Waals surface area (Å²) < 4.78 is 43.9. The monoisotopic (exact) mass is 419 g/mol. The van der Waals surface area contributed by atoms with Gasteiger partial charge in [0, 0.05) is 6.54 Å². The molecule has 1 heterocycles. The number of hydrogen-bond donors (Lipinski definition) is 0. The second-order valence-corrected chi connectivity index (χ2v) is 8.72. The van der Waals surface area contributed by atoms with E-state index < -0.39 is 16.0 Å². The summed E-state index contributed by atoms with van der Waals surface area (Å²) in [4.78, 5) is 12.0. The van der Waals surface area contributed by atoms with Crippen LogP contribution in [0.25, 0.3) is 0 Å². The molecule has 0 aromatic heterocycles. The number of esters is 1. The van der Waals surface area contributed by atoms with Crippen molar-refractivity contribution in [2.45, 2.75) is 30.7 Å². The maximum atomic E-state index is 13.5. The number of nitrogens with zero attached hydrogens (tertiary/aromatic N) is 1. The minimum absolute atomic E-state index is 0.118. The first-order valence-corrected chi connectivity index (χ1v) is 10.7. The highest BCUT2D eigenvalue weighted by Crippen LogP contribution is 2.40. The summed E-state index contributed by atoms with van der Waals surface area (Å²) in [6.45, 7) is 2.12. The number of aryl methyl sites for hydroxylation is 1. The quantitative estimate of drug-likeness (QED) is 0.668. The van der Waals surface area contributed by atoms with Crippen molar-refractivity contribution in [2.24, 2.45) is 0 Å². The molecule has 0 bridgehead atoms. The van der Waals surface area contributed by atoms with Gasteiger partial charge >= 0.3 is 5.97 Å². The lowest BCUT2D eigenvalue weighted by molar-refractivity contribution is 0.0600. The second kappa shape index (κ2) is 8.42.